The fourth-order valence-electron chi connectivity index (χ4n) is 4.88. The van der Waals surface area contributed by atoms with Crippen LogP contribution in [-0.2, 0) is 17.8 Å². The largest absolute Gasteiger partial charge is 0.503 e. The third kappa shape index (κ3) is 4.16. The zero-order chi connectivity index (χ0) is 24.1. The van der Waals surface area contributed by atoms with Crippen molar-refractivity contribution in [3.05, 3.63) is 63.1 Å². The Morgan fingerprint density at radius 2 is 1.97 bits per heavy atom. The summed E-state index contributed by atoms with van der Waals surface area (Å²) in [7, 11) is 1.60. The van der Waals surface area contributed by atoms with Gasteiger partial charge in [0.1, 0.15) is 17.2 Å². The van der Waals surface area contributed by atoms with Crippen LogP contribution in [0.2, 0.25) is 0 Å². The van der Waals surface area contributed by atoms with Gasteiger partial charge >= 0.3 is 0 Å². The molecular formula is C23H26ClF2N3O5. The molecule has 2 N–H and O–H groups in total. The molecule has 1 aromatic carbocycles. The second-order valence-corrected chi connectivity index (χ2v) is 8.87. The van der Waals surface area contributed by atoms with Crippen molar-refractivity contribution in [2.75, 3.05) is 7.11 Å². The Hall–Kier alpha value is -2.98. The molecule has 1 spiro atoms. The lowest BCUT2D eigenvalue weighted by molar-refractivity contribution is -0.101. The molecule has 1 aromatic heterocycles. The van der Waals surface area contributed by atoms with Gasteiger partial charge in [-0.25, -0.2) is 8.78 Å². The average Bonchev–Trinajstić information content (AvgIpc) is 2.72. The Balaban J connectivity index is 0.00000324. The predicted octanol–water partition coefficient (Wildman–Crippen LogP) is 2.60. The molecule has 0 saturated heterocycles. The maximum atomic E-state index is 13.9. The number of rotatable bonds is 5. The number of amides is 2. The topological polar surface area (TPSA) is 101 Å². The number of pyridine rings is 1. The van der Waals surface area contributed by atoms with Crippen molar-refractivity contribution >= 4 is 24.2 Å². The molecule has 0 atom stereocenters. The predicted molar refractivity (Wildman–Crippen MR) is 121 cm³/mol. The number of fused-ring (bicyclic) bond motifs is 1. The number of hydrogen-bond acceptors (Lipinski definition) is 5. The van der Waals surface area contributed by atoms with Crippen LogP contribution in [-0.4, -0.2) is 51.2 Å². The molecule has 2 aliphatic rings. The lowest BCUT2D eigenvalue weighted by Gasteiger charge is -2.57. The Morgan fingerprint density at radius 3 is 2.56 bits per heavy atom. The van der Waals surface area contributed by atoms with Crippen molar-refractivity contribution < 1.29 is 28.2 Å². The molecule has 0 radical (unpaired) electrons. The Labute approximate surface area is 200 Å². The van der Waals surface area contributed by atoms with Gasteiger partial charge in [-0.15, -0.1) is 12.4 Å². The highest BCUT2D eigenvalue weighted by molar-refractivity contribution is 5.99. The van der Waals surface area contributed by atoms with Crippen LogP contribution in [0.3, 0.4) is 0 Å². The van der Waals surface area contributed by atoms with E-state index in [1.54, 1.807) is 12.0 Å². The minimum Gasteiger partial charge on any atom is -0.503 e. The van der Waals surface area contributed by atoms with E-state index in [9.17, 15) is 28.3 Å². The molecule has 11 heteroatoms. The van der Waals surface area contributed by atoms with Crippen molar-refractivity contribution in [1.82, 2.24) is 14.8 Å². The first-order valence-electron chi connectivity index (χ1n) is 10.6. The van der Waals surface area contributed by atoms with E-state index < -0.39 is 40.2 Å². The first-order chi connectivity index (χ1) is 15.6. The molecule has 0 unspecified atom stereocenters. The highest BCUT2D eigenvalue weighted by Gasteiger charge is 2.55. The maximum Gasteiger partial charge on any atom is 0.275 e. The fourth-order valence-corrected chi connectivity index (χ4v) is 4.88. The summed E-state index contributed by atoms with van der Waals surface area (Å²) in [5.74, 6) is -3.71. The Morgan fingerprint density at radius 1 is 1.29 bits per heavy atom. The smallest absolute Gasteiger partial charge is 0.275 e. The van der Waals surface area contributed by atoms with Crippen LogP contribution in [0.4, 0.5) is 8.78 Å². The summed E-state index contributed by atoms with van der Waals surface area (Å²) >= 11 is 0. The van der Waals surface area contributed by atoms with Gasteiger partial charge < -0.3 is 24.6 Å². The standard InChI is InChI=1S/C23H25F2N3O5.ClH/c1-12(2)28-22(32)18-20(30)19(29)16(10-27(18)11-23(28)7-15(8-23)33-3)21(31)26-9-13-4-5-14(24)6-17(13)25;/h4-6,10,12,15,30H,7-9,11H2,1-3H3,(H,26,31);1H/t15-,23-;. The third-order valence-corrected chi connectivity index (χ3v) is 6.42. The number of methoxy groups -OCH3 is 1. The van der Waals surface area contributed by atoms with Crippen molar-refractivity contribution in [2.24, 2.45) is 0 Å². The summed E-state index contributed by atoms with van der Waals surface area (Å²) in [6.07, 6.45) is 2.42. The second-order valence-electron chi connectivity index (χ2n) is 8.87. The molecule has 1 saturated carbocycles. The number of halogens is 3. The normalized spacial score (nSPS) is 21.2. The maximum absolute atomic E-state index is 13.9. The van der Waals surface area contributed by atoms with Gasteiger partial charge in [-0.1, -0.05) is 6.07 Å². The highest BCUT2D eigenvalue weighted by Crippen LogP contribution is 2.45. The summed E-state index contributed by atoms with van der Waals surface area (Å²) < 4.78 is 33.8. The molecule has 34 heavy (non-hydrogen) atoms. The molecule has 1 fully saturated rings. The molecule has 8 nitrogen and oxygen atoms in total. The highest BCUT2D eigenvalue weighted by atomic mass is 35.5. The average molecular weight is 498 g/mol. The monoisotopic (exact) mass is 497 g/mol. The van der Waals surface area contributed by atoms with E-state index in [-0.39, 0.29) is 54.5 Å². The van der Waals surface area contributed by atoms with Crippen molar-refractivity contribution in [3.8, 4) is 5.75 Å². The van der Waals surface area contributed by atoms with Gasteiger partial charge in [-0.05, 0) is 32.8 Å². The molecule has 2 aromatic rings. The van der Waals surface area contributed by atoms with Gasteiger partial charge in [0.25, 0.3) is 11.8 Å². The molecule has 1 aliphatic heterocycles. The number of hydrogen-bond donors (Lipinski definition) is 2. The van der Waals surface area contributed by atoms with E-state index in [4.69, 9.17) is 4.74 Å². The minimum absolute atomic E-state index is 0. The fraction of sp³-hybridized carbons (Fsp3) is 0.435. The second kappa shape index (κ2) is 9.34. The summed E-state index contributed by atoms with van der Waals surface area (Å²) in [5.41, 5.74) is -2.04. The van der Waals surface area contributed by atoms with Crippen LogP contribution in [0.25, 0.3) is 0 Å². The molecule has 184 valence electrons. The van der Waals surface area contributed by atoms with Gasteiger partial charge in [0.05, 0.1) is 11.6 Å². The van der Waals surface area contributed by atoms with Crippen molar-refractivity contribution in [2.45, 2.75) is 57.5 Å². The zero-order valence-electron chi connectivity index (χ0n) is 18.9. The van der Waals surface area contributed by atoms with Gasteiger partial charge in [0.2, 0.25) is 5.43 Å². The number of nitrogens with zero attached hydrogens (tertiary/aromatic N) is 2. The van der Waals surface area contributed by atoms with Crippen LogP contribution in [0.15, 0.2) is 29.2 Å². The van der Waals surface area contributed by atoms with Crippen molar-refractivity contribution in [1.29, 1.82) is 0 Å². The van der Waals surface area contributed by atoms with Crippen LogP contribution in [0, 0.1) is 11.6 Å². The van der Waals surface area contributed by atoms with E-state index in [2.05, 4.69) is 5.32 Å². The van der Waals surface area contributed by atoms with Gasteiger partial charge in [0.15, 0.2) is 11.4 Å². The molecule has 1 aliphatic carbocycles. The van der Waals surface area contributed by atoms with Gasteiger partial charge in [-0.3, -0.25) is 14.4 Å². The first-order valence-corrected chi connectivity index (χ1v) is 10.6. The lowest BCUT2D eigenvalue weighted by atomic mass is 9.70. The lowest BCUT2D eigenvalue weighted by Crippen LogP contribution is -2.68. The van der Waals surface area contributed by atoms with Gasteiger partial charge in [0, 0.05) is 44.1 Å². The van der Waals surface area contributed by atoms with E-state index in [1.165, 1.54) is 16.8 Å². The van der Waals surface area contributed by atoms with Crippen LogP contribution in [0.1, 0.15) is 53.1 Å². The summed E-state index contributed by atoms with van der Waals surface area (Å²) in [5, 5.41) is 13.0. The van der Waals surface area contributed by atoms with E-state index in [0.29, 0.717) is 18.9 Å². The van der Waals surface area contributed by atoms with Crippen LogP contribution < -0.4 is 10.7 Å². The van der Waals surface area contributed by atoms with Crippen LogP contribution in [0.5, 0.6) is 5.75 Å². The molecule has 0 bridgehead atoms. The quantitative estimate of drug-likeness (QED) is 0.661. The molecule has 2 heterocycles. The summed E-state index contributed by atoms with van der Waals surface area (Å²) in [6.45, 7) is 3.72. The number of nitrogens with one attached hydrogen (secondary N) is 1. The minimum atomic E-state index is -0.991. The SMILES string of the molecule is CO[C@H]1C[C@@]2(Cn3cc(C(=O)NCc4ccc(F)cc4F)c(=O)c(O)c3C(=O)N2C(C)C)C1.Cl. The molecule has 2 amide bonds. The number of benzene rings is 1. The molecular weight excluding hydrogens is 472 g/mol. The first kappa shape index (κ1) is 25.6. The third-order valence-electron chi connectivity index (χ3n) is 6.42. The van der Waals surface area contributed by atoms with Crippen molar-refractivity contribution in [3.63, 3.8) is 0 Å². The van der Waals surface area contributed by atoms with E-state index in [1.807, 2.05) is 13.8 Å². The number of aromatic nitrogens is 1. The van der Waals surface area contributed by atoms with Crippen LogP contribution >= 0.6 is 12.4 Å². The number of carbonyl (C=O) groups excluding carboxylic acids is 2. The molecule has 4 rings (SSSR count). The summed E-state index contributed by atoms with van der Waals surface area (Å²) in [4.78, 5) is 40.4. The van der Waals surface area contributed by atoms with Gasteiger partial charge in [-0.2, -0.15) is 0 Å². The Kier molecular flexibility index (Phi) is 7.05. The number of aromatic hydroxyl groups is 1. The number of ether oxygens (including phenoxy) is 1. The van der Waals surface area contributed by atoms with E-state index >= 15 is 0 Å². The summed E-state index contributed by atoms with van der Waals surface area (Å²) in [6, 6.07) is 2.76. The Bertz CT molecular complexity index is 1190. The number of carbonyl (C=O) groups is 2. The zero-order valence-corrected chi connectivity index (χ0v) is 19.7. The van der Waals surface area contributed by atoms with E-state index in [0.717, 1.165) is 6.07 Å².